The van der Waals surface area contributed by atoms with E-state index in [1.807, 2.05) is 25.1 Å². The van der Waals surface area contributed by atoms with Gasteiger partial charge < -0.3 is 0 Å². The molecule has 0 radical (unpaired) electrons. The summed E-state index contributed by atoms with van der Waals surface area (Å²) in [5, 5.41) is 9.07. The molecule has 0 heterocycles. The molecule has 0 spiro atoms. The van der Waals surface area contributed by atoms with Crippen LogP contribution in [-0.2, 0) is 0 Å². The van der Waals surface area contributed by atoms with Gasteiger partial charge in [0.2, 0.25) is 0 Å². The van der Waals surface area contributed by atoms with Crippen LogP contribution in [0.25, 0.3) is 0 Å². The molecular weight excluding hydrogens is 184 g/mol. The Labute approximate surface area is 82.5 Å². The van der Waals surface area contributed by atoms with Gasteiger partial charge >= 0.3 is 0 Å². The van der Waals surface area contributed by atoms with Crippen molar-refractivity contribution in [3.05, 3.63) is 29.3 Å². The van der Waals surface area contributed by atoms with Crippen LogP contribution in [-0.4, -0.2) is 5.71 Å². The maximum Gasteiger partial charge on any atom is 0.0732 e. The smallest absolute Gasteiger partial charge is 0.0732 e. The van der Waals surface area contributed by atoms with Gasteiger partial charge in [-0.05, 0) is 25.1 Å². The molecule has 1 rings (SSSR count). The highest BCUT2D eigenvalue weighted by Gasteiger charge is 1.93. The Hall–Kier alpha value is -1.33. The van der Waals surface area contributed by atoms with E-state index in [2.05, 4.69) is 4.99 Å². The zero-order chi connectivity index (χ0) is 9.68. The van der Waals surface area contributed by atoms with Crippen LogP contribution in [0, 0.1) is 11.3 Å². The topological polar surface area (TPSA) is 36.1 Å². The van der Waals surface area contributed by atoms with Gasteiger partial charge in [0.25, 0.3) is 0 Å². The van der Waals surface area contributed by atoms with Crippen molar-refractivity contribution in [2.45, 2.75) is 13.3 Å². The van der Waals surface area contributed by atoms with Crippen molar-refractivity contribution in [2.75, 3.05) is 0 Å². The molecule has 0 unspecified atom stereocenters. The molecule has 0 N–H and O–H groups in total. The van der Waals surface area contributed by atoms with Crippen LogP contribution >= 0.6 is 11.6 Å². The fourth-order valence-electron chi connectivity index (χ4n) is 0.920. The van der Waals surface area contributed by atoms with Crippen molar-refractivity contribution in [1.29, 1.82) is 5.26 Å². The molecule has 0 aliphatic heterocycles. The van der Waals surface area contributed by atoms with Crippen LogP contribution in [0.4, 0.5) is 5.69 Å². The summed E-state index contributed by atoms with van der Waals surface area (Å²) in [5.74, 6) is 0. The molecule has 0 amide bonds. The van der Waals surface area contributed by atoms with Crippen molar-refractivity contribution in [1.82, 2.24) is 0 Å². The van der Waals surface area contributed by atoms with Gasteiger partial charge in [-0.3, -0.25) is 4.99 Å². The van der Waals surface area contributed by atoms with E-state index in [0.29, 0.717) is 11.4 Å². The number of rotatable bonds is 2. The predicted molar refractivity (Wildman–Crippen MR) is 54.5 cm³/mol. The summed E-state index contributed by atoms with van der Waals surface area (Å²) in [5.41, 5.74) is 1.59. The first kappa shape index (κ1) is 9.76. The number of hydrogen-bond acceptors (Lipinski definition) is 2. The largest absolute Gasteiger partial charge is 0.257 e. The minimum atomic E-state index is 0.354. The van der Waals surface area contributed by atoms with Gasteiger partial charge in [-0.1, -0.05) is 17.7 Å². The molecule has 1 aromatic rings. The lowest BCUT2D eigenvalue weighted by Crippen LogP contribution is -1.86. The van der Waals surface area contributed by atoms with Gasteiger partial charge in [0.1, 0.15) is 0 Å². The molecule has 0 saturated carbocycles. The van der Waals surface area contributed by atoms with Crippen LogP contribution in [0.15, 0.2) is 29.3 Å². The Bertz CT molecular complexity index is 363. The first-order chi connectivity index (χ1) is 6.22. The highest BCUT2D eigenvalue weighted by atomic mass is 35.5. The predicted octanol–water partition coefficient (Wildman–Crippen LogP) is 3.35. The summed E-state index contributed by atoms with van der Waals surface area (Å²) < 4.78 is 0. The van der Waals surface area contributed by atoms with Crippen LogP contribution < -0.4 is 0 Å². The summed E-state index contributed by atoms with van der Waals surface area (Å²) in [7, 11) is 0. The highest BCUT2D eigenvalue weighted by molar-refractivity contribution is 6.30. The summed E-state index contributed by atoms with van der Waals surface area (Å²) in [6, 6.07) is 9.28. The minimum Gasteiger partial charge on any atom is -0.257 e. The van der Waals surface area contributed by atoms with E-state index in [4.69, 9.17) is 16.9 Å². The maximum atomic E-state index is 8.41. The van der Waals surface area contributed by atoms with Crippen molar-refractivity contribution in [3.63, 3.8) is 0 Å². The third-order valence-corrected chi connectivity index (χ3v) is 1.70. The van der Waals surface area contributed by atoms with E-state index in [0.717, 1.165) is 11.4 Å². The van der Waals surface area contributed by atoms with E-state index in [-0.39, 0.29) is 0 Å². The number of nitrogens with zero attached hydrogens (tertiary/aromatic N) is 2. The lowest BCUT2D eigenvalue weighted by Gasteiger charge is -1.95. The molecule has 0 fully saturated rings. The van der Waals surface area contributed by atoms with Crippen molar-refractivity contribution in [3.8, 4) is 6.07 Å². The van der Waals surface area contributed by atoms with E-state index in [9.17, 15) is 0 Å². The quantitative estimate of drug-likeness (QED) is 0.662. The van der Waals surface area contributed by atoms with Crippen LogP contribution in [0.3, 0.4) is 0 Å². The molecule has 0 aliphatic carbocycles. The molecule has 0 aromatic heterocycles. The lowest BCUT2D eigenvalue weighted by atomic mass is 10.3. The second-order valence-electron chi connectivity index (χ2n) is 2.66. The van der Waals surface area contributed by atoms with Gasteiger partial charge in [-0.2, -0.15) is 5.26 Å². The molecule has 0 saturated heterocycles. The summed E-state index contributed by atoms with van der Waals surface area (Å²) in [6.45, 7) is 1.82. The number of benzene rings is 1. The number of hydrogen-bond donors (Lipinski definition) is 0. The molecule has 2 nitrogen and oxygen atoms in total. The average molecular weight is 193 g/mol. The molecule has 0 aliphatic rings. The first-order valence-corrected chi connectivity index (χ1v) is 4.27. The zero-order valence-corrected chi connectivity index (χ0v) is 8.04. The molecule has 1 aromatic carbocycles. The molecule has 0 atom stereocenters. The maximum absolute atomic E-state index is 8.41. The van der Waals surface area contributed by atoms with Gasteiger partial charge in [0.05, 0.1) is 18.2 Å². The van der Waals surface area contributed by atoms with E-state index >= 15 is 0 Å². The van der Waals surface area contributed by atoms with Gasteiger partial charge in [-0.15, -0.1) is 0 Å². The number of nitriles is 1. The van der Waals surface area contributed by atoms with E-state index in [1.165, 1.54) is 0 Å². The second-order valence-corrected chi connectivity index (χ2v) is 3.10. The standard InChI is InChI=1S/C10H9ClN2/c1-8(5-6-12)13-10-4-2-3-9(11)7-10/h2-4,7H,5H2,1H3. The fourth-order valence-corrected chi connectivity index (χ4v) is 1.10. The summed E-state index contributed by atoms with van der Waals surface area (Å²) >= 11 is 5.77. The highest BCUT2D eigenvalue weighted by Crippen LogP contribution is 2.18. The number of aliphatic imine (C=N–C) groups is 1. The van der Waals surface area contributed by atoms with Crippen LogP contribution in [0.5, 0.6) is 0 Å². The SMILES string of the molecule is CC(CC#N)=Nc1cccc(Cl)c1. The molecule has 3 heteroatoms. The van der Waals surface area contributed by atoms with Crippen molar-refractivity contribution < 1.29 is 0 Å². The Kier molecular flexibility index (Phi) is 3.48. The summed E-state index contributed by atoms with van der Waals surface area (Å²) in [4.78, 5) is 4.22. The second kappa shape index (κ2) is 4.64. The Balaban J connectivity index is 2.86. The van der Waals surface area contributed by atoms with Gasteiger partial charge in [-0.25, -0.2) is 0 Å². The molecule has 13 heavy (non-hydrogen) atoms. The normalized spacial score (nSPS) is 11.0. The lowest BCUT2D eigenvalue weighted by molar-refractivity contribution is 1.35. The van der Waals surface area contributed by atoms with Crippen LogP contribution in [0.1, 0.15) is 13.3 Å². The van der Waals surface area contributed by atoms with Gasteiger partial charge in [0.15, 0.2) is 0 Å². The Morgan fingerprint density at radius 1 is 1.62 bits per heavy atom. The first-order valence-electron chi connectivity index (χ1n) is 3.89. The Morgan fingerprint density at radius 2 is 2.38 bits per heavy atom. The summed E-state index contributed by atoms with van der Waals surface area (Å²) in [6.07, 6.45) is 0.354. The Morgan fingerprint density at radius 3 is 3.00 bits per heavy atom. The number of halogens is 1. The monoisotopic (exact) mass is 192 g/mol. The van der Waals surface area contributed by atoms with Gasteiger partial charge in [0, 0.05) is 10.7 Å². The molecule has 66 valence electrons. The van der Waals surface area contributed by atoms with E-state index in [1.54, 1.807) is 12.1 Å². The molecule has 0 bridgehead atoms. The third kappa shape index (κ3) is 3.27. The van der Waals surface area contributed by atoms with Crippen LogP contribution in [0.2, 0.25) is 5.02 Å². The van der Waals surface area contributed by atoms with E-state index < -0.39 is 0 Å². The zero-order valence-electron chi connectivity index (χ0n) is 7.29. The molecular formula is C10H9ClN2. The third-order valence-electron chi connectivity index (χ3n) is 1.46. The van der Waals surface area contributed by atoms with Crippen molar-refractivity contribution >= 4 is 23.0 Å². The fraction of sp³-hybridized carbons (Fsp3) is 0.200. The van der Waals surface area contributed by atoms with Crippen molar-refractivity contribution in [2.24, 2.45) is 4.99 Å². The average Bonchev–Trinajstić information content (AvgIpc) is 2.04. The minimum absolute atomic E-state index is 0.354.